The first-order chi connectivity index (χ1) is 11.1. The second-order valence-electron chi connectivity index (χ2n) is 4.90. The van der Waals surface area contributed by atoms with Crippen molar-refractivity contribution in [2.45, 2.75) is 5.75 Å². The van der Waals surface area contributed by atoms with Crippen molar-refractivity contribution >= 4 is 46.0 Å². The van der Waals surface area contributed by atoms with Gasteiger partial charge in [-0.2, -0.15) is 0 Å². The highest BCUT2D eigenvalue weighted by Crippen LogP contribution is 2.25. The Morgan fingerprint density at radius 1 is 1.30 bits per heavy atom. The van der Waals surface area contributed by atoms with E-state index in [4.69, 9.17) is 23.2 Å². The van der Waals surface area contributed by atoms with E-state index in [-0.39, 0.29) is 5.91 Å². The molecular weight excluding hydrogens is 353 g/mol. The molecule has 1 aromatic heterocycles. The number of aliphatic imine (C=N–C) groups is 1. The van der Waals surface area contributed by atoms with Gasteiger partial charge in [0.25, 0.3) is 5.91 Å². The summed E-state index contributed by atoms with van der Waals surface area (Å²) in [6, 6.07) is 8.78. The lowest BCUT2D eigenvalue weighted by Crippen LogP contribution is -2.33. The summed E-state index contributed by atoms with van der Waals surface area (Å²) in [5, 5.41) is 1.57. The van der Waals surface area contributed by atoms with Crippen molar-refractivity contribution in [3.63, 3.8) is 0 Å². The number of halogens is 2. The van der Waals surface area contributed by atoms with Crippen molar-refractivity contribution in [1.82, 2.24) is 9.88 Å². The van der Waals surface area contributed by atoms with Crippen molar-refractivity contribution in [3.8, 4) is 0 Å². The summed E-state index contributed by atoms with van der Waals surface area (Å²) < 4.78 is 0. The predicted octanol–water partition coefficient (Wildman–Crippen LogP) is 4.13. The van der Waals surface area contributed by atoms with Crippen LogP contribution < -0.4 is 0 Å². The maximum atomic E-state index is 12.7. The van der Waals surface area contributed by atoms with Crippen molar-refractivity contribution in [2.75, 3.05) is 13.1 Å². The van der Waals surface area contributed by atoms with Gasteiger partial charge in [0.05, 0.1) is 17.1 Å². The molecule has 1 aromatic carbocycles. The van der Waals surface area contributed by atoms with E-state index in [1.807, 2.05) is 18.3 Å². The zero-order chi connectivity index (χ0) is 16.2. The van der Waals surface area contributed by atoms with Gasteiger partial charge in [-0.1, -0.05) is 41.0 Å². The molecule has 0 spiro atoms. The third kappa shape index (κ3) is 3.86. The van der Waals surface area contributed by atoms with Crippen LogP contribution in [0.3, 0.4) is 0 Å². The molecule has 118 valence electrons. The van der Waals surface area contributed by atoms with Crippen LogP contribution in [0, 0.1) is 0 Å². The number of amidine groups is 1. The van der Waals surface area contributed by atoms with Crippen LogP contribution in [0.15, 0.2) is 47.7 Å². The number of hydrogen-bond donors (Lipinski definition) is 0. The lowest BCUT2D eigenvalue weighted by atomic mass is 10.2. The van der Waals surface area contributed by atoms with Crippen LogP contribution in [-0.4, -0.2) is 34.0 Å². The van der Waals surface area contributed by atoms with Crippen LogP contribution in [0.4, 0.5) is 0 Å². The van der Waals surface area contributed by atoms with E-state index in [2.05, 4.69) is 9.98 Å². The topological polar surface area (TPSA) is 45.6 Å². The Balaban J connectivity index is 1.72. The lowest BCUT2D eigenvalue weighted by molar-refractivity contribution is 0.0861. The van der Waals surface area contributed by atoms with E-state index in [0.717, 1.165) is 5.56 Å². The summed E-state index contributed by atoms with van der Waals surface area (Å²) in [5.41, 5.74) is 1.52. The molecule has 0 unspecified atom stereocenters. The molecule has 0 aliphatic carbocycles. The number of rotatable bonds is 3. The second kappa shape index (κ2) is 7.34. The molecule has 1 aliphatic rings. The van der Waals surface area contributed by atoms with E-state index in [9.17, 15) is 4.79 Å². The molecule has 3 rings (SSSR count). The first kappa shape index (κ1) is 16.3. The summed E-state index contributed by atoms with van der Waals surface area (Å²) in [7, 11) is 0. The number of carbonyl (C=O) groups is 1. The number of pyridine rings is 1. The molecule has 23 heavy (non-hydrogen) atoms. The van der Waals surface area contributed by atoms with Crippen LogP contribution in [0.1, 0.15) is 15.9 Å². The summed E-state index contributed by atoms with van der Waals surface area (Å²) in [6.07, 6.45) is 3.55. The third-order valence-corrected chi connectivity index (χ3v) is 4.93. The second-order valence-corrected chi connectivity index (χ2v) is 6.68. The van der Waals surface area contributed by atoms with Gasteiger partial charge >= 0.3 is 0 Å². The zero-order valence-corrected chi connectivity index (χ0v) is 14.4. The Bertz CT molecular complexity index is 752. The smallest absolute Gasteiger partial charge is 0.261 e. The summed E-state index contributed by atoms with van der Waals surface area (Å²) in [6.45, 7) is 1.17. The van der Waals surface area contributed by atoms with Gasteiger partial charge in [0.15, 0.2) is 5.17 Å². The normalized spacial score (nSPS) is 14.0. The SMILES string of the molecule is O=C(c1ccc(Cl)cc1Cl)N1CCN=C1SCc1cccnc1. The molecule has 2 heterocycles. The number of thioether (sulfide) groups is 1. The van der Waals surface area contributed by atoms with E-state index in [1.54, 1.807) is 29.3 Å². The van der Waals surface area contributed by atoms with Crippen molar-refractivity contribution in [2.24, 2.45) is 4.99 Å². The zero-order valence-electron chi connectivity index (χ0n) is 12.1. The van der Waals surface area contributed by atoms with Gasteiger partial charge in [0.2, 0.25) is 0 Å². The lowest BCUT2D eigenvalue weighted by Gasteiger charge is -2.18. The van der Waals surface area contributed by atoms with E-state index in [0.29, 0.717) is 39.6 Å². The Morgan fingerprint density at radius 3 is 2.91 bits per heavy atom. The molecule has 0 N–H and O–H groups in total. The minimum absolute atomic E-state index is 0.151. The van der Waals surface area contributed by atoms with Gasteiger partial charge in [0, 0.05) is 29.7 Å². The molecule has 1 amide bonds. The number of nitrogens with zero attached hydrogens (tertiary/aromatic N) is 3. The minimum atomic E-state index is -0.151. The van der Waals surface area contributed by atoms with E-state index >= 15 is 0 Å². The van der Waals surface area contributed by atoms with Crippen LogP contribution in [0.2, 0.25) is 10.0 Å². The van der Waals surface area contributed by atoms with Gasteiger partial charge in [-0.3, -0.25) is 19.7 Å². The summed E-state index contributed by atoms with van der Waals surface area (Å²) in [4.78, 5) is 22.9. The number of benzene rings is 1. The first-order valence-corrected chi connectivity index (χ1v) is 8.72. The van der Waals surface area contributed by atoms with Gasteiger partial charge < -0.3 is 0 Å². The Morgan fingerprint density at radius 2 is 2.17 bits per heavy atom. The van der Waals surface area contributed by atoms with Crippen molar-refractivity contribution < 1.29 is 4.79 Å². The molecule has 4 nitrogen and oxygen atoms in total. The molecule has 1 aliphatic heterocycles. The maximum Gasteiger partial charge on any atom is 0.261 e. The molecule has 0 atom stereocenters. The fourth-order valence-corrected chi connectivity index (χ4v) is 3.65. The average molecular weight is 366 g/mol. The first-order valence-electron chi connectivity index (χ1n) is 6.98. The molecule has 0 saturated carbocycles. The number of aromatic nitrogens is 1. The monoisotopic (exact) mass is 365 g/mol. The van der Waals surface area contributed by atoms with Crippen LogP contribution in [-0.2, 0) is 5.75 Å². The Hall–Kier alpha value is -1.56. The highest BCUT2D eigenvalue weighted by atomic mass is 35.5. The average Bonchev–Trinajstić information content (AvgIpc) is 3.02. The maximum absolute atomic E-state index is 12.7. The van der Waals surface area contributed by atoms with Crippen molar-refractivity contribution in [1.29, 1.82) is 0 Å². The molecule has 2 aromatic rings. The van der Waals surface area contributed by atoms with E-state index in [1.165, 1.54) is 11.8 Å². The summed E-state index contributed by atoms with van der Waals surface area (Å²) >= 11 is 13.5. The molecule has 0 saturated heterocycles. The standard InChI is InChI=1S/C16H13Cl2N3OS/c17-12-3-4-13(14(18)8-12)15(22)21-7-6-20-16(21)23-10-11-2-1-5-19-9-11/h1-5,8-9H,6-7,10H2. The number of hydrogen-bond acceptors (Lipinski definition) is 4. The molecule has 0 radical (unpaired) electrons. The molecule has 0 fully saturated rings. The van der Waals surface area contributed by atoms with Crippen LogP contribution in [0.5, 0.6) is 0 Å². The molecule has 7 heteroatoms. The fraction of sp³-hybridized carbons (Fsp3) is 0.188. The third-order valence-electron chi connectivity index (χ3n) is 3.30. The number of carbonyl (C=O) groups excluding carboxylic acids is 1. The van der Waals surface area contributed by atoms with Gasteiger partial charge in [-0.25, -0.2) is 0 Å². The Kier molecular flexibility index (Phi) is 5.20. The highest BCUT2D eigenvalue weighted by Gasteiger charge is 2.26. The van der Waals surface area contributed by atoms with Gasteiger partial charge in [0.1, 0.15) is 0 Å². The molecular formula is C16H13Cl2N3OS. The van der Waals surface area contributed by atoms with E-state index < -0.39 is 0 Å². The largest absolute Gasteiger partial charge is 0.286 e. The quantitative estimate of drug-likeness (QED) is 0.821. The molecule has 0 bridgehead atoms. The minimum Gasteiger partial charge on any atom is -0.286 e. The fourth-order valence-electron chi connectivity index (χ4n) is 2.18. The Labute approximate surface area is 148 Å². The summed E-state index contributed by atoms with van der Waals surface area (Å²) in [5.74, 6) is 0.562. The van der Waals surface area contributed by atoms with Gasteiger partial charge in [-0.05, 0) is 29.8 Å². The van der Waals surface area contributed by atoms with Gasteiger partial charge in [-0.15, -0.1) is 0 Å². The number of amides is 1. The highest BCUT2D eigenvalue weighted by molar-refractivity contribution is 8.13. The van der Waals surface area contributed by atoms with Crippen LogP contribution in [0.25, 0.3) is 0 Å². The predicted molar refractivity (Wildman–Crippen MR) is 95.3 cm³/mol. The van der Waals surface area contributed by atoms with Crippen molar-refractivity contribution in [3.05, 3.63) is 63.9 Å². The van der Waals surface area contributed by atoms with Crippen LogP contribution >= 0.6 is 35.0 Å².